The van der Waals surface area contributed by atoms with Crippen molar-refractivity contribution in [2.75, 3.05) is 6.54 Å². The Kier molecular flexibility index (Phi) is 8.52. The molecule has 0 bridgehead atoms. The van der Waals surface area contributed by atoms with Crippen molar-refractivity contribution in [3.8, 4) is 0 Å². The van der Waals surface area contributed by atoms with Gasteiger partial charge in [0.15, 0.2) is 0 Å². The summed E-state index contributed by atoms with van der Waals surface area (Å²) in [5.74, 6) is 2.09. The van der Waals surface area contributed by atoms with Crippen molar-refractivity contribution in [3.63, 3.8) is 0 Å². The highest BCUT2D eigenvalue weighted by Crippen LogP contribution is 2.39. The molecule has 27 heavy (non-hydrogen) atoms. The number of nitrogens with one attached hydrogen (secondary N) is 2. The molecule has 2 rings (SSSR count). The first-order chi connectivity index (χ1) is 12.8. The molecule has 1 saturated carbocycles. The summed E-state index contributed by atoms with van der Waals surface area (Å²) in [5.41, 5.74) is 5.74. The zero-order chi connectivity index (χ0) is 20.0. The number of aliphatic hydroxyl groups is 1. The van der Waals surface area contributed by atoms with Crippen LogP contribution in [0.15, 0.2) is 24.3 Å². The van der Waals surface area contributed by atoms with Crippen molar-refractivity contribution in [2.45, 2.75) is 71.7 Å². The third-order valence-corrected chi connectivity index (χ3v) is 6.30. The van der Waals surface area contributed by atoms with E-state index < -0.39 is 12.3 Å². The summed E-state index contributed by atoms with van der Waals surface area (Å²) in [6.07, 6.45) is 12.1. The summed E-state index contributed by atoms with van der Waals surface area (Å²) >= 11 is 0. The highest BCUT2D eigenvalue weighted by molar-refractivity contribution is 5.81. The van der Waals surface area contributed by atoms with E-state index in [1.54, 1.807) is 6.92 Å². The van der Waals surface area contributed by atoms with Crippen LogP contribution in [-0.4, -0.2) is 35.9 Å². The van der Waals surface area contributed by atoms with Crippen LogP contribution in [0.5, 0.6) is 0 Å². The van der Waals surface area contributed by atoms with Gasteiger partial charge in [0.05, 0.1) is 6.04 Å². The van der Waals surface area contributed by atoms with Crippen molar-refractivity contribution in [2.24, 2.45) is 35.3 Å². The fraction of sp³-hybridized carbons (Fsp3) is 0.773. The van der Waals surface area contributed by atoms with Crippen LogP contribution in [0.4, 0.5) is 0 Å². The van der Waals surface area contributed by atoms with Crippen molar-refractivity contribution in [1.82, 2.24) is 10.6 Å². The predicted octanol–water partition coefficient (Wildman–Crippen LogP) is 2.57. The predicted molar refractivity (Wildman–Crippen MR) is 111 cm³/mol. The SMILES string of the molecule is CC1CCC(C(C)C)[C@H](C(O)NCC(NC(=O)[C@@H](C)N)C2C=CC=CC2)C1. The zero-order valence-electron chi connectivity index (χ0n) is 17.4. The number of hydrogen-bond donors (Lipinski definition) is 4. The zero-order valence-corrected chi connectivity index (χ0v) is 17.4. The Balaban J connectivity index is 2.00. The number of nitrogens with two attached hydrogens (primary N) is 1. The number of allylic oxidation sites excluding steroid dienone is 3. The molecule has 0 aromatic heterocycles. The summed E-state index contributed by atoms with van der Waals surface area (Å²) in [4.78, 5) is 12.2. The van der Waals surface area contributed by atoms with Gasteiger partial charge in [-0.25, -0.2) is 0 Å². The molecule has 2 aliphatic carbocycles. The lowest BCUT2D eigenvalue weighted by Gasteiger charge is -2.40. The average molecular weight is 378 g/mol. The first kappa shape index (κ1) is 22.1. The molecule has 5 N–H and O–H groups in total. The summed E-state index contributed by atoms with van der Waals surface area (Å²) in [6.45, 7) is 9.03. The molecule has 0 aliphatic heterocycles. The second kappa shape index (κ2) is 10.4. The van der Waals surface area contributed by atoms with Crippen LogP contribution in [0.3, 0.4) is 0 Å². The molecule has 5 nitrogen and oxygen atoms in total. The molecule has 0 saturated heterocycles. The van der Waals surface area contributed by atoms with Gasteiger partial charge in [0.2, 0.25) is 5.91 Å². The fourth-order valence-electron chi connectivity index (χ4n) is 4.56. The molecule has 0 heterocycles. The number of rotatable bonds is 8. The van der Waals surface area contributed by atoms with Gasteiger partial charge in [-0.1, -0.05) is 51.5 Å². The van der Waals surface area contributed by atoms with Gasteiger partial charge < -0.3 is 16.2 Å². The fourth-order valence-corrected chi connectivity index (χ4v) is 4.56. The molecule has 5 unspecified atom stereocenters. The van der Waals surface area contributed by atoms with E-state index in [9.17, 15) is 9.90 Å². The standard InChI is InChI=1S/C22H39N3O2/c1-14(2)18-11-10-15(3)12-19(18)22(27)24-13-20(25-21(26)16(4)23)17-8-6-5-7-9-17/h5-8,14-20,22,24,27H,9-13,23H2,1-4H3,(H,25,26)/t15?,16-,17?,18?,19-,20?,22?/m1/s1. The van der Waals surface area contributed by atoms with E-state index in [0.29, 0.717) is 24.3 Å². The lowest BCUT2D eigenvalue weighted by atomic mass is 9.69. The molecular formula is C22H39N3O2. The summed E-state index contributed by atoms with van der Waals surface area (Å²) in [7, 11) is 0. The molecule has 2 aliphatic rings. The number of aliphatic hydroxyl groups excluding tert-OH is 1. The number of carbonyl (C=O) groups is 1. The highest BCUT2D eigenvalue weighted by atomic mass is 16.3. The number of carbonyl (C=O) groups excluding carboxylic acids is 1. The normalized spacial score (nSPS) is 31.5. The molecule has 7 atom stereocenters. The van der Waals surface area contributed by atoms with Gasteiger partial charge in [0.1, 0.15) is 6.23 Å². The minimum atomic E-state index is -0.544. The molecule has 5 heteroatoms. The molecule has 0 spiro atoms. The summed E-state index contributed by atoms with van der Waals surface area (Å²) in [6, 6.07) is -0.622. The maximum atomic E-state index is 12.2. The first-order valence-electron chi connectivity index (χ1n) is 10.6. The Hall–Kier alpha value is -1.17. The van der Waals surface area contributed by atoms with Crippen molar-refractivity contribution >= 4 is 5.91 Å². The van der Waals surface area contributed by atoms with Crippen molar-refractivity contribution in [3.05, 3.63) is 24.3 Å². The van der Waals surface area contributed by atoms with Gasteiger partial charge >= 0.3 is 0 Å². The smallest absolute Gasteiger partial charge is 0.236 e. The van der Waals surface area contributed by atoms with Crippen LogP contribution < -0.4 is 16.4 Å². The topological polar surface area (TPSA) is 87.4 Å². The van der Waals surface area contributed by atoms with Gasteiger partial charge in [0.25, 0.3) is 0 Å². The Morgan fingerprint density at radius 1 is 1.22 bits per heavy atom. The Bertz CT molecular complexity index is 530. The van der Waals surface area contributed by atoms with Crippen LogP contribution in [0.1, 0.15) is 53.4 Å². The number of amides is 1. The minimum Gasteiger partial charge on any atom is -0.378 e. The highest BCUT2D eigenvalue weighted by Gasteiger charge is 2.35. The second-order valence-electron chi connectivity index (χ2n) is 8.96. The maximum Gasteiger partial charge on any atom is 0.236 e. The molecule has 0 radical (unpaired) electrons. The first-order valence-corrected chi connectivity index (χ1v) is 10.6. The molecular weight excluding hydrogens is 338 g/mol. The van der Waals surface area contributed by atoms with Crippen molar-refractivity contribution in [1.29, 1.82) is 0 Å². The molecule has 1 fully saturated rings. The van der Waals surface area contributed by atoms with E-state index in [1.165, 1.54) is 12.8 Å². The van der Waals surface area contributed by atoms with Crippen LogP contribution in [0.25, 0.3) is 0 Å². The van der Waals surface area contributed by atoms with Crippen LogP contribution in [0.2, 0.25) is 0 Å². The minimum absolute atomic E-state index is 0.0853. The molecule has 0 aromatic carbocycles. The van der Waals surface area contributed by atoms with Crippen LogP contribution in [-0.2, 0) is 4.79 Å². The van der Waals surface area contributed by atoms with E-state index in [2.05, 4.69) is 43.6 Å². The number of hydrogen-bond acceptors (Lipinski definition) is 4. The quantitative estimate of drug-likeness (QED) is 0.490. The Morgan fingerprint density at radius 3 is 2.56 bits per heavy atom. The molecule has 154 valence electrons. The molecule has 1 amide bonds. The lowest BCUT2D eigenvalue weighted by Crippen LogP contribution is -2.54. The maximum absolute atomic E-state index is 12.2. The molecule has 0 aromatic rings. The van der Waals surface area contributed by atoms with E-state index in [1.807, 2.05) is 12.2 Å². The lowest BCUT2D eigenvalue weighted by molar-refractivity contribution is -0.123. The van der Waals surface area contributed by atoms with Crippen molar-refractivity contribution < 1.29 is 9.90 Å². The van der Waals surface area contributed by atoms with Gasteiger partial charge in [0, 0.05) is 24.4 Å². The van der Waals surface area contributed by atoms with E-state index in [0.717, 1.165) is 12.8 Å². The van der Waals surface area contributed by atoms with E-state index in [4.69, 9.17) is 5.73 Å². The van der Waals surface area contributed by atoms with Gasteiger partial charge in [-0.3, -0.25) is 10.1 Å². The Morgan fingerprint density at radius 2 is 1.96 bits per heavy atom. The van der Waals surface area contributed by atoms with Crippen LogP contribution >= 0.6 is 0 Å². The third kappa shape index (κ3) is 6.44. The summed E-state index contributed by atoms with van der Waals surface area (Å²) < 4.78 is 0. The third-order valence-electron chi connectivity index (χ3n) is 6.30. The van der Waals surface area contributed by atoms with Gasteiger partial charge in [-0.05, 0) is 43.9 Å². The summed E-state index contributed by atoms with van der Waals surface area (Å²) in [5, 5.41) is 17.3. The van der Waals surface area contributed by atoms with E-state index >= 15 is 0 Å². The van der Waals surface area contributed by atoms with Gasteiger partial charge in [-0.15, -0.1) is 0 Å². The second-order valence-corrected chi connectivity index (χ2v) is 8.96. The average Bonchev–Trinajstić information content (AvgIpc) is 2.64. The largest absolute Gasteiger partial charge is 0.378 e. The monoisotopic (exact) mass is 377 g/mol. The Labute approximate surface area is 164 Å². The van der Waals surface area contributed by atoms with E-state index in [-0.39, 0.29) is 23.8 Å². The van der Waals surface area contributed by atoms with Gasteiger partial charge in [-0.2, -0.15) is 0 Å². The van der Waals surface area contributed by atoms with Crippen LogP contribution in [0, 0.1) is 29.6 Å².